The molecule has 3 aromatic rings. The van der Waals surface area contributed by atoms with E-state index in [4.69, 9.17) is 9.47 Å². The van der Waals surface area contributed by atoms with Crippen LogP contribution >= 0.6 is 0 Å². The number of benzene rings is 3. The van der Waals surface area contributed by atoms with Crippen LogP contribution in [0.5, 0.6) is 5.75 Å². The van der Waals surface area contributed by atoms with E-state index in [0.29, 0.717) is 5.75 Å². The first kappa shape index (κ1) is 24.0. The molecule has 0 saturated heterocycles. The van der Waals surface area contributed by atoms with E-state index in [0.717, 1.165) is 21.9 Å². The highest BCUT2D eigenvalue weighted by Crippen LogP contribution is 2.23. The standard InChI is InChI=1S/C27H29NO5/c1-27(2,3)33-26(31)23(29)16-25(30)28(18-22-11-7-8-12-24(22)32-4)17-19-13-14-20-9-5-6-10-21(20)15-19/h5-15H,16-18H2,1-4H3. The van der Waals surface area contributed by atoms with E-state index in [2.05, 4.69) is 0 Å². The van der Waals surface area contributed by atoms with Gasteiger partial charge in [0.1, 0.15) is 11.4 Å². The minimum absolute atomic E-state index is 0.233. The molecule has 0 fully saturated rings. The van der Waals surface area contributed by atoms with Gasteiger partial charge in [-0.3, -0.25) is 9.59 Å². The number of esters is 1. The van der Waals surface area contributed by atoms with Gasteiger partial charge < -0.3 is 14.4 Å². The molecule has 1 amide bonds. The van der Waals surface area contributed by atoms with Crippen LogP contribution in [-0.2, 0) is 32.2 Å². The molecule has 0 radical (unpaired) electrons. The van der Waals surface area contributed by atoms with Crippen molar-refractivity contribution in [3.63, 3.8) is 0 Å². The quantitative estimate of drug-likeness (QED) is 0.285. The number of Topliss-reactive ketones (excluding diaryl/α,β-unsaturated/α-hetero) is 1. The Morgan fingerprint density at radius 1 is 0.848 bits per heavy atom. The lowest BCUT2D eigenvalue weighted by Crippen LogP contribution is -2.35. The van der Waals surface area contributed by atoms with Crippen molar-refractivity contribution in [2.75, 3.05) is 7.11 Å². The number of hydrogen-bond acceptors (Lipinski definition) is 5. The Kier molecular flexibility index (Phi) is 7.48. The number of rotatable bonds is 8. The lowest BCUT2D eigenvalue weighted by Gasteiger charge is -2.24. The van der Waals surface area contributed by atoms with Crippen LogP contribution in [0.1, 0.15) is 38.3 Å². The fraction of sp³-hybridized carbons (Fsp3) is 0.296. The largest absolute Gasteiger partial charge is 0.496 e. The van der Waals surface area contributed by atoms with Gasteiger partial charge in [-0.15, -0.1) is 0 Å². The van der Waals surface area contributed by atoms with Crippen molar-refractivity contribution in [3.8, 4) is 5.75 Å². The molecule has 3 rings (SSSR count). The van der Waals surface area contributed by atoms with Crippen LogP contribution in [0.25, 0.3) is 10.8 Å². The molecule has 0 aliphatic carbocycles. The lowest BCUT2D eigenvalue weighted by molar-refractivity contribution is -0.163. The molecule has 0 unspecified atom stereocenters. The average molecular weight is 448 g/mol. The van der Waals surface area contributed by atoms with Gasteiger partial charge in [-0.1, -0.05) is 54.6 Å². The molecule has 0 saturated carbocycles. The number of amides is 1. The molecular weight excluding hydrogens is 418 g/mol. The minimum Gasteiger partial charge on any atom is -0.496 e. The monoisotopic (exact) mass is 447 g/mol. The van der Waals surface area contributed by atoms with E-state index in [1.165, 1.54) is 0 Å². The summed E-state index contributed by atoms with van der Waals surface area (Å²) in [5.41, 5.74) is 0.915. The summed E-state index contributed by atoms with van der Waals surface area (Å²) in [6, 6.07) is 21.4. The van der Waals surface area contributed by atoms with Gasteiger partial charge >= 0.3 is 5.97 Å². The SMILES string of the molecule is COc1ccccc1CN(Cc1ccc2ccccc2c1)C(=O)CC(=O)C(=O)OC(C)(C)C. The molecule has 33 heavy (non-hydrogen) atoms. The van der Waals surface area contributed by atoms with Crippen molar-refractivity contribution in [1.82, 2.24) is 4.90 Å². The third-order valence-corrected chi connectivity index (χ3v) is 5.03. The maximum atomic E-state index is 13.2. The van der Waals surface area contributed by atoms with Crippen LogP contribution in [-0.4, -0.2) is 35.3 Å². The molecule has 0 bridgehead atoms. The number of nitrogens with zero attached hydrogens (tertiary/aromatic N) is 1. The van der Waals surface area contributed by atoms with Gasteiger partial charge in [0.2, 0.25) is 11.7 Å². The molecule has 0 aromatic heterocycles. The summed E-state index contributed by atoms with van der Waals surface area (Å²) >= 11 is 0. The summed E-state index contributed by atoms with van der Waals surface area (Å²) in [6.45, 7) is 5.54. The minimum atomic E-state index is -1.00. The Morgan fingerprint density at radius 3 is 2.21 bits per heavy atom. The maximum absolute atomic E-state index is 13.2. The van der Waals surface area contributed by atoms with E-state index in [9.17, 15) is 14.4 Å². The molecule has 0 spiro atoms. The van der Waals surface area contributed by atoms with Crippen molar-refractivity contribution >= 4 is 28.4 Å². The molecule has 3 aromatic carbocycles. The van der Waals surface area contributed by atoms with Gasteiger partial charge in [-0.2, -0.15) is 0 Å². The second kappa shape index (κ2) is 10.3. The van der Waals surface area contributed by atoms with E-state index < -0.39 is 29.7 Å². The number of methoxy groups -OCH3 is 1. The van der Waals surface area contributed by atoms with Gasteiger partial charge in [-0.25, -0.2) is 4.79 Å². The average Bonchev–Trinajstić information content (AvgIpc) is 2.77. The van der Waals surface area contributed by atoms with E-state index in [1.807, 2.05) is 66.7 Å². The van der Waals surface area contributed by atoms with Crippen molar-refractivity contribution in [3.05, 3.63) is 77.9 Å². The first-order valence-electron chi connectivity index (χ1n) is 10.8. The van der Waals surface area contributed by atoms with Gasteiger partial charge in [-0.05, 0) is 49.2 Å². The predicted octanol–water partition coefficient (Wildman–Crippen LogP) is 4.68. The van der Waals surface area contributed by atoms with Gasteiger partial charge in [0.05, 0.1) is 13.5 Å². The zero-order valence-electron chi connectivity index (χ0n) is 19.5. The van der Waals surface area contributed by atoms with E-state index in [1.54, 1.807) is 32.8 Å². The Balaban J connectivity index is 1.84. The van der Waals surface area contributed by atoms with Crippen molar-refractivity contribution in [2.24, 2.45) is 0 Å². The molecule has 6 heteroatoms. The molecule has 0 N–H and O–H groups in total. The Bertz CT molecular complexity index is 1160. The smallest absolute Gasteiger partial charge is 0.375 e. The van der Waals surface area contributed by atoms with Gasteiger partial charge in [0, 0.05) is 18.7 Å². The molecular formula is C27H29NO5. The lowest BCUT2D eigenvalue weighted by atomic mass is 10.1. The number of fused-ring (bicyclic) bond motifs is 1. The second-order valence-corrected chi connectivity index (χ2v) is 8.84. The van der Waals surface area contributed by atoms with Crippen LogP contribution in [0.15, 0.2) is 66.7 Å². The highest BCUT2D eigenvalue weighted by molar-refractivity contribution is 6.37. The number of para-hydroxylation sites is 1. The first-order chi connectivity index (χ1) is 15.7. The Morgan fingerprint density at radius 2 is 1.52 bits per heavy atom. The summed E-state index contributed by atoms with van der Waals surface area (Å²) in [5, 5.41) is 2.16. The predicted molar refractivity (Wildman–Crippen MR) is 127 cm³/mol. The topological polar surface area (TPSA) is 72.9 Å². The first-order valence-corrected chi connectivity index (χ1v) is 10.8. The van der Waals surface area contributed by atoms with Crippen LogP contribution in [0.3, 0.4) is 0 Å². The second-order valence-electron chi connectivity index (χ2n) is 8.84. The van der Waals surface area contributed by atoms with Crippen molar-refractivity contribution in [2.45, 2.75) is 45.9 Å². The summed E-state index contributed by atoms with van der Waals surface area (Å²) < 4.78 is 10.6. The van der Waals surface area contributed by atoms with Crippen LogP contribution in [0.2, 0.25) is 0 Å². The normalized spacial score (nSPS) is 11.2. The van der Waals surface area contributed by atoms with E-state index >= 15 is 0 Å². The molecule has 0 atom stereocenters. The number of carbonyl (C=O) groups is 3. The third-order valence-electron chi connectivity index (χ3n) is 5.03. The van der Waals surface area contributed by atoms with Crippen LogP contribution < -0.4 is 4.74 Å². The molecule has 0 heterocycles. The molecule has 172 valence electrons. The zero-order chi connectivity index (χ0) is 24.0. The molecule has 0 aliphatic heterocycles. The maximum Gasteiger partial charge on any atom is 0.375 e. The Hall–Kier alpha value is -3.67. The van der Waals surface area contributed by atoms with Crippen LogP contribution in [0, 0.1) is 0 Å². The fourth-order valence-corrected chi connectivity index (χ4v) is 3.49. The fourth-order valence-electron chi connectivity index (χ4n) is 3.49. The van der Waals surface area contributed by atoms with E-state index in [-0.39, 0.29) is 13.1 Å². The van der Waals surface area contributed by atoms with Gasteiger partial charge in [0.15, 0.2) is 0 Å². The molecule has 6 nitrogen and oxygen atoms in total. The highest BCUT2D eigenvalue weighted by atomic mass is 16.6. The summed E-state index contributed by atoms with van der Waals surface area (Å²) in [6.07, 6.45) is -0.558. The molecule has 0 aliphatic rings. The third kappa shape index (κ3) is 6.65. The number of carbonyl (C=O) groups excluding carboxylic acids is 3. The zero-order valence-corrected chi connectivity index (χ0v) is 19.5. The highest BCUT2D eigenvalue weighted by Gasteiger charge is 2.27. The van der Waals surface area contributed by atoms with Crippen molar-refractivity contribution < 1.29 is 23.9 Å². The number of ether oxygens (including phenoxy) is 2. The number of ketones is 1. The summed E-state index contributed by atoms with van der Waals surface area (Å²) in [7, 11) is 1.57. The summed E-state index contributed by atoms with van der Waals surface area (Å²) in [4.78, 5) is 39.2. The Labute approximate surface area is 194 Å². The van der Waals surface area contributed by atoms with Crippen molar-refractivity contribution in [1.29, 1.82) is 0 Å². The van der Waals surface area contributed by atoms with Crippen LogP contribution in [0.4, 0.5) is 0 Å². The van der Waals surface area contributed by atoms with Gasteiger partial charge in [0.25, 0.3) is 0 Å². The summed E-state index contributed by atoms with van der Waals surface area (Å²) in [5.74, 6) is -1.67. The number of hydrogen-bond donors (Lipinski definition) is 0.